The molecule has 2 aromatic carbocycles. The summed E-state index contributed by atoms with van der Waals surface area (Å²) >= 11 is 0. The number of likely N-dealkylation sites (N-methyl/N-ethyl adjacent to an activating group) is 1. The average Bonchev–Trinajstić information content (AvgIpc) is 3.35. The summed E-state index contributed by atoms with van der Waals surface area (Å²) < 4.78 is 1.65. The lowest BCUT2D eigenvalue weighted by Gasteiger charge is -2.32. The molecule has 10 heteroatoms. The van der Waals surface area contributed by atoms with Crippen molar-refractivity contribution in [2.45, 2.75) is 19.9 Å². The summed E-state index contributed by atoms with van der Waals surface area (Å²) in [7, 11) is 3.99. The van der Waals surface area contributed by atoms with Crippen LogP contribution in [0.4, 0.5) is 23.0 Å². The highest BCUT2D eigenvalue weighted by Crippen LogP contribution is 2.27. The number of benzene rings is 2. The van der Waals surface area contributed by atoms with Crippen molar-refractivity contribution in [3.63, 3.8) is 0 Å². The molecule has 0 radical (unpaired) electrons. The Morgan fingerprint density at radius 1 is 0.872 bits per heavy atom. The number of nitrogens with two attached hydrogens (primary N) is 1. The zero-order valence-corrected chi connectivity index (χ0v) is 22.7. The van der Waals surface area contributed by atoms with Gasteiger partial charge in [-0.25, -0.2) is 9.97 Å². The van der Waals surface area contributed by atoms with Gasteiger partial charge in [0.15, 0.2) is 17.3 Å². The Morgan fingerprint density at radius 3 is 2.10 bits per heavy atom. The van der Waals surface area contributed by atoms with Crippen LogP contribution in [0.15, 0.2) is 60.9 Å². The van der Waals surface area contributed by atoms with Crippen LogP contribution in [0.3, 0.4) is 0 Å². The predicted molar refractivity (Wildman–Crippen MR) is 154 cm³/mol. The predicted octanol–water partition coefficient (Wildman–Crippen LogP) is 3.77. The molecule has 0 spiro atoms. The van der Waals surface area contributed by atoms with Crippen LogP contribution in [0.25, 0.3) is 11.1 Å². The van der Waals surface area contributed by atoms with Gasteiger partial charge in [-0.15, -0.1) is 0 Å². The second-order valence-electron chi connectivity index (χ2n) is 9.94. The van der Waals surface area contributed by atoms with E-state index in [4.69, 9.17) is 5.73 Å². The van der Waals surface area contributed by atoms with E-state index < -0.39 is 5.91 Å². The Balaban J connectivity index is 1.30. The van der Waals surface area contributed by atoms with Crippen molar-refractivity contribution in [2.75, 3.05) is 43.9 Å². The molecule has 1 saturated heterocycles. The molecular formula is C29H35N9O. The molecule has 3 heterocycles. The number of rotatable bonds is 9. The largest absolute Gasteiger partial charge is 0.364 e. The third-order valence-corrected chi connectivity index (χ3v) is 6.94. The third-order valence-electron chi connectivity index (χ3n) is 6.94. The van der Waals surface area contributed by atoms with Gasteiger partial charge >= 0.3 is 0 Å². The number of carbonyl (C=O) groups excluding carboxylic acids is 1. The monoisotopic (exact) mass is 525 g/mol. The first kappa shape index (κ1) is 26.3. The van der Waals surface area contributed by atoms with Crippen molar-refractivity contribution < 1.29 is 4.79 Å². The smallest absolute Gasteiger partial charge is 0.271 e. The van der Waals surface area contributed by atoms with E-state index in [0.29, 0.717) is 23.6 Å². The maximum absolute atomic E-state index is 12.1. The topological polar surface area (TPSA) is 117 Å². The summed E-state index contributed by atoms with van der Waals surface area (Å²) in [4.78, 5) is 26.2. The van der Waals surface area contributed by atoms with Crippen molar-refractivity contribution in [1.82, 2.24) is 29.5 Å². The number of nitrogens with zero attached hydrogens (tertiary/aromatic N) is 6. The van der Waals surface area contributed by atoms with E-state index in [1.165, 1.54) is 11.1 Å². The van der Waals surface area contributed by atoms with Gasteiger partial charge in [-0.1, -0.05) is 43.3 Å². The Kier molecular flexibility index (Phi) is 7.85. The van der Waals surface area contributed by atoms with Crippen molar-refractivity contribution >= 4 is 28.9 Å². The third kappa shape index (κ3) is 6.42. The molecule has 4 aromatic rings. The minimum Gasteiger partial charge on any atom is -0.364 e. The molecule has 10 nitrogen and oxygen atoms in total. The molecule has 1 amide bonds. The van der Waals surface area contributed by atoms with Crippen LogP contribution in [0.2, 0.25) is 0 Å². The maximum atomic E-state index is 12.1. The van der Waals surface area contributed by atoms with Crippen molar-refractivity contribution in [2.24, 2.45) is 12.8 Å². The first-order chi connectivity index (χ1) is 18.9. The zero-order valence-electron chi connectivity index (χ0n) is 22.7. The second kappa shape index (κ2) is 11.6. The van der Waals surface area contributed by atoms with E-state index >= 15 is 0 Å². The van der Waals surface area contributed by atoms with Gasteiger partial charge in [-0.05, 0) is 42.3 Å². The van der Waals surface area contributed by atoms with Crippen LogP contribution in [0.5, 0.6) is 0 Å². The van der Waals surface area contributed by atoms with Crippen molar-refractivity contribution in [1.29, 1.82) is 0 Å². The van der Waals surface area contributed by atoms with Gasteiger partial charge in [-0.3, -0.25) is 14.4 Å². The van der Waals surface area contributed by atoms with E-state index in [1.54, 1.807) is 17.1 Å². The lowest BCUT2D eigenvalue weighted by molar-refractivity contribution is 0.0996. The Hall–Kier alpha value is -4.28. The molecule has 1 aliphatic rings. The summed E-state index contributed by atoms with van der Waals surface area (Å²) in [5, 5.41) is 10.6. The SMILES string of the molecule is CCc1nc(C(N)=O)c(Nc2cnn(C)c2)nc1Nc1ccc(-c2ccc(CN3CCN(C)CC3)cc2)cc1. The Labute approximate surface area is 228 Å². The van der Waals surface area contributed by atoms with Crippen LogP contribution in [-0.4, -0.2) is 68.7 Å². The van der Waals surface area contributed by atoms with E-state index in [0.717, 1.165) is 44.0 Å². The highest BCUT2D eigenvalue weighted by atomic mass is 16.1. The molecule has 0 atom stereocenters. The quantitative estimate of drug-likeness (QED) is 0.302. The average molecular weight is 526 g/mol. The van der Waals surface area contributed by atoms with Crippen LogP contribution in [0.1, 0.15) is 28.7 Å². The lowest BCUT2D eigenvalue weighted by Crippen LogP contribution is -2.43. The zero-order chi connectivity index (χ0) is 27.4. The van der Waals surface area contributed by atoms with Crippen LogP contribution < -0.4 is 16.4 Å². The number of aromatic nitrogens is 4. The molecule has 202 valence electrons. The van der Waals surface area contributed by atoms with Crippen LogP contribution in [-0.2, 0) is 20.0 Å². The fraction of sp³-hybridized carbons (Fsp3) is 0.310. The summed E-state index contributed by atoms with van der Waals surface area (Å²) in [5.74, 6) is 0.201. The van der Waals surface area contributed by atoms with Gasteiger partial charge in [0.2, 0.25) is 0 Å². The molecule has 5 rings (SSSR count). The van der Waals surface area contributed by atoms with Gasteiger partial charge < -0.3 is 21.3 Å². The number of amides is 1. The fourth-order valence-corrected chi connectivity index (χ4v) is 4.65. The Morgan fingerprint density at radius 2 is 1.51 bits per heavy atom. The number of aryl methyl sites for hydroxylation is 2. The molecule has 4 N–H and O–H groups in total. The normalized spacial score (nSPS) is 14.3. The molecule has 0 bridgehead atoms. The maximum Gasteiger partial charge on any atom is 0.271 e. The standard InChI is InChI=1S/C29H35N9O/c1-4-25-28(35-29(26(34-25)27(30)39)33-24-17-31-37(3)19-24)32-23-11-9-22(10-12-23)21-7-5-20(6-8-21)18-38-15-13-36(2)14-16-38/h5-12,17,19H,4,13-16,18H2,1-3H3,(H2,30,39)(H2,32,33,35). The van der Waals surface area contributed by atoms with Gasteiger partial charge in [0.1, 0.15) is 0 Å². The molecule has 1 fully saturated rings. The van der Waals surface area contributed by atoms with E-state index in [2.05, 4.69) is 78.9 Å². The molecule has 39 heavy (non-hydrogen) atoms. The second-order valence-corrected chi connectivity index (χ2v) is 9.94. The highest BCUT2D eigenvalue weighted by molar-refractivity contribution is 5.96. The minimum atomic E-state index is -0.644. The fourth-order valence-electron chi connectivity index (χ4n) is 4.65. The van der Waals surface area contributed by atoms with E-state index in [1.807, 2.05) is 26.1 Å². The van der Waals surface area contributed by atoms with Crippen molar-refractivity contribution in [3.05, 3.63) is 77.9 Å². The van der Waals surface area contributed by atoms with E-state index in [9.17, 15) is 4.79 Å². The van der Waals surface area contributed by atoms with Gasteiger partial charge in [0.05, 0.1) is 17.6 Å². The summed E-state index contributed by atoms with van der Waals surface area (Å²) in [6.07, 6.45) is 4.01. The van der Waals surface area contributed by atoms with E-state index in [-0.39, 0.29) is 11.5 Å². The number of carbonyl (C=O) groups is 1. The minimum absolute atomic E-state index is 0.0904. The van der Waals surface area contributed by atoms with Crippen molar-refractivity contribution in [3.8, 4) is 11.1 Å². The molecular weight excluding hydrogens is 490 g/mol. The number of piperazine rings is 1. The molecule has 1 aliphatic heterocycles. The summed E-state index contributed by atoms with van der Waals surface area (Å²) in [5.41, 5.74) is 11.5. The Bertz CT molecular complexity index is 1420. The lowest BCUT2D eigenvalue weighted by atomic mass is 10.0. The summed E-state index contributed by atoms with van der Waals surface area (Å²) in [6.45, 7) is 7.43. The number of primary amides is 1. The first-order valence-corrected chi connectivity index (χ1v) is 13.2. The number of hydrogen-bond donors (Lipinski definition) is 3. The molecule has 0 saturated carbocycles. The summed E-state index contributed by atoms with van der Waals surface area (Å²) in [6, 6.07) is 17.0. The van der Waals surface area contributed by atoms with Gasteiger partial charge in [0.25, 0.3) is 5.91 Å². The highest BCUT2D eigenvalue weighted by Gasteiger charge is 2.18. The van der Waals surface area contributed by atoms with Gasteiger partial charge in [-0.2, -0.15) is 5.10 Å². The molecule has 0 unspecified atom stereocenters. The molecule has 0 aliphatic carbocycles. The van der Waals surface area contributed by atoms with Gasteiger partial charge in [0, 0.05) is 51.7 Å². The number of anilines is 4. The first-order valence-electron chi connectivity index (χ1n) is 13.2. The van der Waals surface area contributed by atoms with Crippen LogP contribution in [0, 0.1) is 0 Å². The van der Waals surface area contributed by atoms with Crippen LogP contribution >= 0.6 is 0 Å². The molecule has 2 aromatic heterocycles. The number of nitrogens with one attached hydrogen (secondary N) is 2. The number of hydrogen-bond acceptors (Lipinski definition) is 8.